The first-order valence-electron chi connectivity index (χ1n) is 14.1. The number of amidine groups is 1. The van der Waals surface area contributed by atoms with E-state index in [0.29, 0.717) is 25.1 Å². The predicted octanol–water partition coefficient (Wildman–Crippen LogP) is 4.55. The van der Waals surface area contributed by atoms with Gasteiger partial charge in [0, 0.05) is 44.4 Å². The standard InChI is InChI=1S/C32H39N7O2S/c1-22(26-11-6-9-24-8-4-5-10-27(24)26)38-31(41)28(12-7-19-42-32(33-2)34-3)39-30(40)25-15-13-23(14-16-25)20-35-21-29-36-17-18-37-29/h4-6,8-11,13-18,22,28,35H,7,12,19-21H2,1-3H3,(H,33,34)(H,36,37)(H,38,41)(H,39,40)/t22-,28-/m0/s1. The molecule has 1 heterocycles. The summed E-state index contributed by atoms with van der Waals surface area (Å²) in [4.78, 5) is 38.3. The van der Waals surface area contributed by atoms with Crippen LogP contribution < -0.4 is 21.3 Å². The number of aromatic nitrogens is 2. The molecule has 0 bridgehead atoms. The predicted molar refractivity (Wildman–Crippen MR) is 171 cm³/mol. The zero-order valence-corrected chi connectivity index (χ0v) is 25.1. The van der Waals surface area contributed by atoms with Crippen molar-refractivity contribution in [2.45, 2.75) is 44.9 Å². The molecule has 3 aromatic carbocycles. The molecule has 0 spiro atoms. The highest BCUT2D eigenvalue weighted by molar-refractivity contribution is 8.13. The van der Waals surface area contributed by atoms with Crippen molar-refractivity contribution in [2.75, 3.05) is 19.8 Å². The number of aromatic amines is 1. The largest absolute Gasteiger partial charge is 0.368 e. The second-order valence-corrected chi connectivity index (χ2v) is 11.0. The maximum Gasteiger partial charge on any atom is 0.251 e. The van der Waals surface area contributed by atoms with Gasteiger partial charge in [0.25, 0.3) is 5.91 Å². The van der Waals surface area contributed by atoms with Crippen molar-refractivity contribution in [3.05, 3.63) is 102 Å². The van der Waals surface area contributed by atoms with Crippen molar-refractivity contribution < 1.29 is 9.59 Å². The summed E-state index contributed by atoms with van der Waals surface area (Å²) >= 11 is 1.59. The van der Waals surface area contributed by atoms with Crippen molar-refractivity contribution in [3.63, 3.8) is 0 Å². The van der Waals surface area contributed by atoms with Gasteiger partial charge in [-0.2, -0.15) is 0 Å². The summed E-state index contributed by atoms with van der Waals surface area (Å²) in [7, 11) is 3.57. The molecule has 0 saturated heterocycles. The van der Waals surface area contributed by atoms with Crippen LogP contribution in [0.4, 0.5) is 0 Å². The maximum atomic E-state index is 13.6. The second kappa shape index (κ2) is 15.7. The Hall–Kier alpha value is -4.15. The Morgan fingerprint density at radius 3 is 2.52 bits per heavy atom. The van der Waals surface area contributed by atoms with Crippen LogP contribution in [0, 0.1) is 0 Å². The van der Waals surface area contributed by atoms with E-state index in [9.17, 15) is 9.59 Å². The first-order valence-corrected chi connectivity index (χ1v) is 15.1. The smallest absolute Gasteiger partial charge is 0.251 e. The lowest BCUT2D eigenvalue weighted by molar-refractivity contribution is -0.123. The number of fused-ring (bicyclic) bond motifs is 1. The van der Waals surface area contributed by atoms with Crippen molar-refractivity contribution >= 4 is 39.5 Å². The van der Waals surface area contributed by atoms with E-state index in [0.717, 1.165) is 45.1 Å². The van der Waals surface area contributed by atoms with Crippen molar-refractivity contribution in [1.29, 1.82) is 0 Å². The molecular weight excluding hydrogens is 546 g/mol. The molecule has 42 heavy (non-hydrogen) atoms. The number of nitrogens with one attached hydrogen (secondary N) is 5. The summed E-state index contributed by atoms with van der Waals surface area (Å²) in [5.74, 6) is 1.16. The zero-order valence-electron chi connectivity index (χ0n) is 24.3. The van der Waals surface area contributed by atoms with Gasteiger partial charge in [-0.15, -0.1) is 0 Å². The SMILES string of the molecule is CN=C(NC)SCCC[C@H](NC(=O)c1ccc(CNCc2ncc[nH]2)cc1)C(=O)N[C@@H](C)c1cccc2ccccc12. The number of hydrogen-bond donors (Lipinski definition) is 5. The lowest BCUT2D eigenvalue weighted by atomic mass is 9.99. The van der Waals surface area contributed by atoms with E-state index in [1.165, 1.54) is 0 Å². The lowest BCUT2D eigenvalue weighted by Crippen LogP contribution is -2.47. The molecule has 2 atom stereocenters. The molecule has 0 aliphatic heterocycles. The molecule has 4 rings (SSSR count). The number of hydrogen-bond acceptors (Lipinski definition) is 6. The number of H-pyrrole nitrogens is 1. The minimum absolute atomic E-state index is 0.203. The summed E-state index contributed by atoms with van der Waals surface area (Å²) in [5, 5.41) is 15.6. The molecule has 0 aliphatic rings. The van der Waals surface area contributed by atoms with Crippen molar-refractivity contribution in [1.82, 2.24) is 31.2 Å². The fourth-order valence-corrected chi connectivity index (χ4v) is 5.51. The quantitative estimate of drug-likeness (QED) is 0.0892. The van der Waals surface area contributed by atoms with E-state index in [2.05, 4.69) is 54.4 Å². The van der Waals surface area contributed by atoms with E-state index in [1.54, 1.807) is 43.3 Å². The Bertz CT molecular complexity index is 1470. The van der Waals surface area contributed by atoms with Gasteiger partial charge >= 0.3 is 0 Å². The molecule has 2 amide bonds. The van der Waals surface area contributed by atoms with E-state index in [4.69, 9.17) is 0 Å². The normalized spacial score (nSPS) is 13.0. The minimum Gasteiger partial charge on any atom is -0.368 e. The summed E-state index contributed by atoms with van der Waals surface area (Å²) in [6, 6.07) is 20.7. The van der Waals surface area contributed by atoms with Crippen LogP contribution in [0.5, 0.6) is 0 Å². The summed E-state index contributed by atoms with van der Waals surface area (Å²) in [6.45, 7) is 3.25. The summed E-state index contributed by atoms with van der Waals surface area (Å²) < 4.78 is 0. The number of carbonyl (C=O) groups is 2. The zero-order chi connectivity index (χ0) is 29.7. The molecule has 5 N–H and O–H groups in total. The van der Waals surface area contributed by atoms with E-state index in [-0.39, 0.29) is 17.9 Å². The van der Waals surface area contributed by atoms with Gasteiger partial charge in [0.05, 0.1) is 12.6 Å². The monoisotopic (exact) mass is 585 g/mol. The third kappa shape index (κ3) is 8.67. The molecule has 9 nitrogen and oxygen atoms in total. The summed E-state index contributed by atoms with van der Waals surface area (Å²) in [6.07, 6.45) is 4.75. The number of thioether (sulfide) groups is 1. The van der Waals surface area contributed by atoms with Crippen LogP contribution in [0.25, 0.3) is 10.8 Å². The van der Waals surface area contributed by atoms with Crippen LogP contribution in [0.1, 0.15) is 53.1 Å². The Morgan fingerprint density at radius 2 is 1.79 bits per heavy atom. The number of rotatable bonds is 13. The van der Waals surface area contributed by atoms with E-state index in [1.807, 2.05) is 50.4 Å². The maximum absolute atomic E-state index is 13.6. The number of nitrogens with zero attached hydrogens (tertiary/aromatic N) is 2. The molecular formula is C32H39N7O2S. The Morgan fingerprint density at radius 1 is 1.00 bits per heavy atom. The highest BCUT2D eigenvalue weighted by atomic mass is 32.2. The average Bonchev–Trinajstić information content (AvgIpc) is 3.54. The number of carbonyl (C=O) groups excluding carboxylic acids is 2. The average molecular weight is 586 g/mol. The molecule has 0 fully saturated rings. The molecule has 220 valence electrons. The fraction of sp³-hybridized carbons (Fsp3) is 0.312. The van der Waals surface area contributed by atoms with Crippen LogP contribution in [-0.2, 0) is 17.9 Å². The van der Waals surface area contributed by atoms with Gasteiger partial charge in [0.2, 0.25) is 5.91 Å². The van der Waals surface area contributed by atoms with Gasteiger partial charge in [0.15, 0.2) is 5.17 Å². The number of imidazole rings is 1. The summed E-state index contributed by atoms with van der Waals surface area (Å²) in [5.41, 5.74) is 2.59. The highest BCUT2D eigenvalue weighted by Crippen LogP contribution is 2.24. The topological polar surface area (TPSA) is 123 Å². The third-order valence-corrected chi connectivity index (χ3v) is 8.11. The Labute approximate surface area is 251 Å². The molecule has 0 aliphatic carbocycles. The molecule has 0 radical (unpaired) electrons. The van der Waals surface area contributed by atoms with Gasteiger partial charge < -0.3 is 26.3 Å². The molecule has 10 heteroatoms. The molecule has 0 unspecified atom stereocenters. The van der Waals surface area contributed by atoms with Gasteiger partial charge in [-0.05, 0) is 53.8 Å². The molecule has 0 saturated carbocycles. The Kier molecular flexibility index (Phi) is 11.5. The molecule has 1 aromatic heterocycles. The van der Waals surface area contributed by atoms with E-state index < -0.39 is 6.04 Å². The second-order valence-electron chi connectivity index (χ2n) is 9.93. The van der Waals surface area contributed by atoms with Gasteiger partial charge in [0.1, 0.15) is 11.9 Å². The van der Waals surface area contributed by atoms with Crippen LogP contribution in [-0.4, -0.2) is 52.8 Å². The van der Waals surface area contributed by atoms with Crippen LogP contribution >= 0.6 is 11.8 Å². The van der Waals surface area contributed by atoms with Crippen LogP contribution in [0.3, 0.4) is 0 Å². The number of amides is 2. The van der Waals surface area contributed by atoms with Crippen molar-refractivity contribution in [2.24, 2.45) is 4.99 Å². The van der Waals surface area contributed by atoms with Gasteiger partial charge in [-0.3, -0.25) is 14.6 Å². The molecule has 4 aromatic rings. The van der Waals surface area contributed by atoms with Crippen LogP contribution in [0.2, 0.25) is 0 Å². The Balaban J connectivity index is 1.40. The number of aliphatic imine (C=N–C) groups is 1. The van der Waals surface area contributed by atoms with Gasteiger partial charge in [-0.25, -0.2) is 4.98 Å². The lowest BCUT2D eigenvalue weighted by Gasteiger charge is -2.23. The number of benzene rings is 3. The van der Waals surface area contributed by atoms with Crippen LogP contribution in [0.15, 0.2) is 84.1 Å². The highest BCUT2D eigenvalue weighted by Gasteiger charge is 2.23. The first kappa shape index (κ1) is 30.8. The van der Waals surface area contributed by atoms with Gasteiger partial charge in [-0.1, -0.05) is 66.4 Å². The minimum atomic E-state index is -0.679. The van der Waals surface area contributed by atoms with Crippen molar-refractivity contribution in [3.8, 4) is 0 Å². The first-order chi connectivity index (χ1) is 20.5. The van der Waals surface area contributed by atoms with E-state index >= 15 is 0 Å². The fourth-order valence-electron chi connectivity index (χ4n) is 4.73. The third-order valence-electron chi connectivity index (χ3n) is 6.96.